The van der Waals surface area contributed by atoms with Crippen molar-refractivity contribution in [3.05, 3.63) is 73.4 Å². The molecule has 0 spiro atoms. The van der Waals surface area contributed by atoms with Crippen LogP contribution in [0.5, 0.6) is 0 Å². The van der Waals surface area contributed by atoms with Gasteiger partial charge in [0, 0.05) is 52.7 Å². The van der Waals surface area contributed by atoms with Crippen LogP contribution >= 0.6 is 0 Å². The van der Waals surface area contributed by atoms with E-state index in [1.807, 2.05) is 42.6 Å². The first-order valence-electron chi connectivity index (χ1n) is 13.2. The number of amides is 1. The zero-order valence-electron chi connectivity index (χ0n) is 21.2. The lowest BCUT2D eigenvalue weighted by Crippen LogP contribution is -2.24. The second kappa shape index (κ2) is 9.75. The van der Waals surface area contributed by atoms with Crippen LogP contribution < -0.4 is 5.32 Å². The van der Waals surface area contributed by atoms with Gasteiger partial charge in [0.1, 0.15) is 11.2 Å². The number of nitrogens with zero attached hydrogens (tertiary/aromatic N) is 5. The Morgan fingerprint density at radius 2 is 1.77 bits per heavy atom. The molecule has 6 aromatic heterocycles. The lowest BCUT2D eigenvalue weighted by Gasteiger charge is -2.20. The van der Waals surface area contributed by atoms with Crippen LogP contribution in [0.25, 0.3) is 55.8 Å². The predicted molar refractivity (Wildman–Crippen MR) is 151 cm³/mol. The van der Waals surface area contributed by atoms with Gasteiger partial charge >= 0.3 is 0 Å². The molecule has 0 radical (unpaired) electrons. The molecule has 1 aliphatic carbocycles. The summed E-state index contributed by atoms with van der Waals surface area (Å²) < 4.78 is 0. The Morgan fingerprint density at radius 1 is 0.872 bits per heavy atom. The SMILES string of the molecule is O=C(Nc1cncc(-c2ccc3[nH]nc(-c4cc5c(-c6cccnc6)nccc5[nH]4)c3n2)c1)C1CCCCC1. The highest BCUT2D eigenvalue weighted by Gasteiger charge is 2.21. The van der Waals surface area contributed by atoms with E-state index >= 15 is 0 Å². The van der Waals surface area contributed by atoms with Crippen LogP contribution in [0.4, 0.5) is 5.69 Å². The van der Waals surface area contributed by atoms with E-state index in [9.17, 15) is 4.79 Å². The van der Waals surface area contributed by atoms with Gasteiger partial charge in [0.25, 0.3) is 0 Å². The summed E-state index contributed by atoms with van der Waals surface area (Å²) in [5, 5.41) is 11.7. The molecular weight excluding hydrogens is 488 g/mol. The summed E-state index contributed by atoms with van der Waals surface area (Å²) in [4.78, 5) is 34.4. The molecule has 6 heterocycles. The number of fused-ring (bicyclic) bond motifs is 2. The third kappa shape index (κ3) is 4.41. The van der Waals surface area contributed by atoms with Crippen molar-refractivity contribution in [3.8, 4) is 33.9 Å². The number of rotatable bonds is 5. The standard InChI is InChI=1S/C30H26N8O/c39-30(18-5-2-1-3-6-18)34-21-13-20(16-32-17-21)23-8-9-25-28(36-23)29(38-37-25)26-14-22-24(35-26)10-12-33-27(22)19-7-4-11-31-15-19/h4,7-18,35H,1-3,5-6H2,(H,34,39)(H,37,38). The Morgan fingerprint density at radius 3 is 2.64 bits per heavy atom. The molecule has 1 saturated carbocycles. The van der Waals surface area contributed by atoms with E-state index in [2.05, 4.69) is 41.5 Å². The van der Waals surface area contributed by atoms with Gasteiger partial charge in [0.15, 0.2) is 0 Å². The number of carbonyl (C=O) groups excluding carboxylic acids is 1. The van der Waals surface area contributed by atoms with Crippen molar-refractivity contribution in [1.29, 1.82) is 0 Å². The van der Waals surface area contributed by atoms with E-state index in [1.165, 1.54) is 6.42 Å². The summed E-state index contributed by atoms with van der Waals surface area (Å²) in [5.41, 5.74) is 8.14. The number of aromatic amines is 2. The Hall–Kier alpha value is -4.92. The fourth-order valence-electron chi connectivity index (χ4n) is 5.42. The topological polar surface area (TPSA) is 125 Å². The molecule has 0 saturated heterocycles. The first kappa shape index (κ1) is 23.2. The minimum atomic E-state index is 0.0770. The molecule has 9 nitrogen and oxygen atoms in total. The van der Waals surface area contributed by atoms with Gasteiger partial charge in [-0.1, -0.05) is 19.3 Å². The van der Waals surface area contributed by atoms with Crippen molar-refractivity contribution in [2.75, 3.05) is 5.32 Å². The predicted octanol–water partition coefficient (Wildman–Crippen LogP) is 6.14. The molecule has 0 unspecified atom stereocenters. The zero-order chi connectivity index (χ0) is 26.2. The number of pyridine rings is 4. The summed E-state index contributed by atoms with van der Waals surface area (Å²) in [6.07, 6.45) is 14.2. The normalized spacial score (nSPS) is 14.2. The van der Waals surface area contributed by atoms with Crippen LogP contribution in [0, 0.1) is 5.92 Å². The smallest absolute Gasteiger partial charge is 0.227 e. The number of nitrogens with one attached hydrogen (secondary N) is 3. The molecule has 0 aromatic carbocycles. The summed E-state index contributed by atoms with van der Waals surface area (Å²) >= 11 is 0. The van der Waals surface area contributed by atoms with E-state index in [-0.39, 0.29) is 11.8 Å². The highest BCUT2D eigenvalue weighted by molar-refractivity contribution is 5.99. The van der Waals surface area contributed by atoms with Crippen molar-refractivity contribution in [2.24, 2.45) is 5.92 Å². The molecule has 0 atom stereocenters. The first-order chi connectivity index (χ1) is 19.2. The van der Waals surface area contributed by atoms with Crippen LogP contribution in [0.3, 0.4) is 0 Å². The summed E-state index contributed by atoms with van der Waals surface area (Å²) in [7, 11) is 0. The number of H-pyrrole nitrogens is 2. The summed E-state index contributed by atoms with van der Waals surface area (Å²) in [5.74, 6) is 0.156. The monoisotopic (exact) mass is 514 g/mol. The molecule has 6 aromatic rings. The Kier molecular flexibility index (Phi) is 5.81. The second-order valence-electron chi connectivity index (χ2n) is 10.00. The van der Waals surface area contributed by atoms with Crippen LogP contribution in [-0.2, 0) is 4.79 Å². The van der Waals surface area contributed by atoms with Crippen molar-refractivity contribution in [3.63, 3.8) is 0 Å². The molecule has 192 valence electrons. The molecule has 0 bridgehead atoms. The minimum absolute atomic E-state index is 0.0770. The average molecular weight is 515 g/mol. The molecule has 1 amide bonds. The third-order valence-corrected chi connectivity index (χ3v) is 7.42. The van der Waals surface area contributed by atoms with Crippen molar-refractivity contribution >= 4 is 33.5 Å². The molecule has 1 fully saturated rings. The van der Waals surface area contributed by atoms with Crippen LogP contribution in [0.2, 0.25) is 0 Å². The number of anilines is 1. The quantitative estimate of drug-likeness (QED) is 0.254. The summed E-state index contributed by atoms with van der Waals surface area (Å²) in [6.45, 7) is 0. The first-order valence-corrected chi connectivity index (χ1v) is 13.2. The molecule has 1 aliphatic rings. The maximum atomic E-state index is 12.8. The van der Waals surface area contributed by atoms with Gasteiger partial charge < -0.3 is 10.3 Å². The number of carbonyl (C=O) groups is 1. The van der Waals surface area contributed by atoms with Crippen molar-refractivity contribution in [1.82, 2.24) is 35.1 Å². The van der Waals surface area contributed by atoms with Gasteiger partial charge in [-0.3, -0.25) is 24.8 Å². The fourth-order valence-corrected chi connectivity index (χ4v) is 5.42. The molecular formula is C30H26N8O. The summed E-state index contributed by atoms with van der Waals surface area (Å²) in [6, 6.07) is 13.7. The lowest BCUT2D eigenvalue weighted by molar-refractivity contribution is -0.120. The Labute approximate surface area is 224 Å². The number of hydrogen-bond donors (Lipinski definition) is 3. The number of hydrogen-bond acceptors (Lipinski definition) is 6. The highest BCUT2D eigenvalue weighted by Crippen LogP contribution is 2.33. The zero-order valence-corrected chi connectivity index (χ0v) is 21.2. The van der Waals surface area contributed by atoms with Crippen LogP contribution in [0.1, 0.15) is 32.1 Å². The van der Waals surface area contributed by atoms with Gasteiger partial charge in [-0.05, 0) is 55.3 Å². The van der Waals surface area contributed by atoms with E-state index in [0.29, 0.717) is 5.69 Å². The molecule has 0 aliphatic heterocycles. The second-order valence-corrected chi connectivity index (χ2v) is 10.00. The Bertz CT molecular complexity index is 1800. The van der Waals surface area contributed by atoms with Gasteiger partial charge in [-0.25, -0.2) is 4.98 Å². The minimum Gasteiger partial charge on any atom is -0.353 e. The van der Waals surface area contributed by atoms with Gasteiger partial charge in [0.05, 0.1) is 34.5 Å². The highest BCUT2D eigenvalue weighted by atomic mass is 16.1. The Balaban J connectivity index is 1.23. The van der Waals surface area contributed by atoms with E-state index in [4.69, 9.17) is 4.98 Å². The fraction of sp³-hybridized carbons (Fsp3) is 0.200. The molecule has 39 heavy (non-hydrogen) atoms. The van der Waals surface area contributed by atoms with E-state index < -0.39 is 0 Å². The molecule has 9 heteroatoms. The van der Waals surface area contributed by atoms with Gasteiger partial charge in [0.2, 0.25) is 5.91 Å². The van der Waals surface area contributed by atoms with Crippen LogP contribution in [-0.4, -0.2) is 41.0 Å². The van der Waals surface area contributed by atoms with Crippen molar-refractivity contribution < 1.29 is 4.79 Å². The maximum absolute atomic E-state index is 12.8. The van der Waals surface area contributed by atoms with Gasteiger partial charge in [-0.15, -0.1) is 0 Å². The van der Waals surface area contributed by atoms with E-state index in [0.717, 1.165) is 81.5 Å². The number of aromatic nitrogens is 7. The van der Waals surface area contributed by atoms with Gasteiger partial charge in [-0.2, -0.15) is 5.10 Å². The lowest BCUT2D eigenvalue weighted by atomic mass is 9.88. The van der Waals surface area contributed by atoms with E-state index in [1.54, 1.807) is 24.8 Å². The average Bonchev–Trinajstić information content (AvgIpc) is 3.62. The van der Waals surface area contributed by atoms with Crippen LogP contribution in [0.15, 0.2) is 73.4 Å². The largest absolute Gasteiger partial charge is 0.353 e. The van der Waals surface area contributed by atoms with Crippen molar-refractivity contribution in [2.45, 2.75) is 32.1 Å². The maximum Gasteiger partial charge on any atom is 0.227 e. The molecule has 7 rings (SSSR count). The third-order valence-electron chi connectivity index (χ3n) is 7.42. The molecule has 3 N–H and O–H groups in total.